The van der Waals surface area contributed by atoms with Crippen molar-refractivity contribution >= 4 is 29.0 Å². The number of nitrogens with one attached hydrogen (secondary N) is 1. The molecule has 1 saturated carbocycles. The highest BCUT2D eigenvalue weighted by Crippen LogP contribution is 2.26. The van der Waals surface area contributed by atoms with Gasteiger partial charge in [-0.05, 0) is 37.0 Å². The molecule has 0 unspecified atom stereocenters. The second-order valence-corrected chi connectivity index (χ2v) is 6.42. The molecule has 1 nitrogen and oxygen atoms in total. The molecular formula is C13H18ClNS. The molecule has 1 aliphatic rings. The van der Waals surface area contributed by atoms with Gasteiger partial charge in [0, 0.05) is 17.5 Å². The Balaban J connectivity index is 2.01. The van der Waals surface area contributed by atoms with Crippen LogP contribution in [0.4, 0.5) is 0 Å². The second-order valence-electron chi connectivity index (χ2n) is 4.67. The summed E-state index contributed by atoms with van der Waals surface area (Å²) in [5, 5.41) is 3.57. The fraction of sp³-hybridized carbons (Fsp3) is 0.538. The summed E-state index contributed by atoms with van der Waals surface area (Å²) in [5.41, 5.74) is 1.46. The van der Waals surface area contributed by atoms with E-state index in [1.165, 1.54) is 23.3 Å². The van der Waals surface area contributed by atoms with E-state index in [4.69, 9.17) is 11.6 Å². The predicted molar refractivity (Wildman–Crippen MR) is 73.2 cm³/mol. The van der Waals surface area contributed by atoms with Gasteiger partial charge >= 0.3 is 0 Å². The molecule has 0 bridgehead atoms. The maximum atomic E-state index is 5.93. The molecule has 1 aliphatic carbocycles. The maximum Gasteiger partial charge on any atom is 0.0934 e. The zero-order valence-electron chi connectivity index (χ0n) is 9.79. The first-order valence-corrected chi connectivity index (χ1v) is 7.04. The van der Waals surface area contributed by atoms with Gasteiger partial charge in [0.1, 0.15) is 0 Å². The Labute approximate surface area is 107 Å². The molecule has 1 fully saturated rings. The van der Waals surface area contributed by atoms with E-state index >= 15 is 0 Å². The molecule has 1 aromatic rings. The number of hydrogen-bond acceptors (Lipinski definition) is 2. The van der Waals surface area contributed by atoms with Crippen molar-refractivity contribution < 1.29 is 0 Å². The molecule has 0 saturated heterocycles. The first-order chi connectivity index (χ1) is 7.65. The van der Waals surface area contributed by atoms with Crippen LogP contribution in [0.25, 0.3) is 6.08 Å². The van der Waals surface area contributed by atoms with E-state index in [-0.39, 0.29) is 0 Å². The van der Waals surface area contributed by atoms with Crippen LogP contribution in [0.5, 0.6) is 0 Å². The molecule has 0 amide bonds. The molecular weight excluding hydrogens is 238 g/mol. The summed E-state index contributed by atoms with van der Waals surface area (Å²) in [6.07, 6.45) is 4.96. The summed E-state index contributed by atoms with van der Waals surface area (Å²) in [4.78, 5) is 1.26. The molecule has 0 aliphatic heterocycles. The van der Waals surface area contributed by atoms with Gasteiger partial charge in [0.25, 0.3) is 0 Å². The lowest BCUT2D eigenvalue weighted by atomic mass is 10.0. The molecule has 0 atom stereocenters. The lowest BCUT2D eigenvalue weighted by molar-refractivity contribution is 0.663. The van der Waals surface area contributed by atoms with Crippen LogP contribution < -0.4 is 5.32 Å². The van der Waals surface area contributed by atoms with Gasteiger partial charge in [-0.3, -0.25) is 0 Å². The number of halogens is 1. The van der Waals surface area contributed by atoms with Crippen molar-refractivity contribution in [3.63, 3.8) is 0 Å². The van der Waals surface area contributed by atoms with Gasteiger partial charge < -0.3 is 5.32 Å². The van der Waals surface area contributed by atoms with Crippen LogP contribution in [0.1, 0.15) is 31.6 Å². The summed E-state index contributed by atoms with van der Waals surface area (Å²) in [6, 6.07) is 4.82. The summed E-state index contributed by atoms with van der Waals surface area (Å²) in [6.45, 7) is 5.50. The normalized spacial score (nSPS) is 17.1. The van der Waals surface area contributed by atoms with Crippen molar-refractivity contribution in [1.82, 2.24) is 5.32 Å². The van der Waals surface area contributed by atoms with E-state index in [0.717, 1.165) is 16.9 Å². The molecule has 1 heterocycles. The second kappa shape index (κ2) is 5.35. The van der Waals surface area contributed by atoms with Crippen molar-refractivity contribution in [3.05, 3.63) is 26.9 Å². The van der Waals surface area contributed by atoms with Crippen LogP contribution in [0.15, 0.2) is 17.7 Å². The van der Waals surface area contributed by atoms with Crippen molar-refractivity contribution in [3.8, 4) is 0 Å². The summed E-state index contributed by atoms with van der Waals surface area (Å²) >= 11 is 7.58. The van der Waals surface area contributed by atoms with E-state index in [0.29, 0.717) is 5.92 Å². The van der Waals surface area contributed by atoms with E-state index in [9.17, 15) is 0 Å². The Morgan fingerprint density at radius 1 is 1.56 bits per heavy atom. The first kappa shape index (κ1) is 12.2. The minimum absolute atomic E-state index is 0.590. The van der Waals surface area contributed by atoms with Crippen molar-refractivity contribution in [2.24, 2.45) is 5.92 Å². The van der Waals surface area contributed by atoms with Gasteiger partial charge in [0.15, 0.2) is 0 Å². The van der Waals surface area contributed by atoms with Gasteiger partial charge in [0.05, 0.1) is 4.34 Å². The third kappa shape index (κ3) is 3.62. The SMILES string of the molecule is CC(C)C(=Cc1ccc(Cl)s1)CNC1CC1. The van der Waals surface area contributed by atoms with Crippen LogP contribution in [-0.4, -0.2) is 12.6 Å². The lowest BCUT2D eigenvalue weighted by Crippen LogP contribution is -2.21. The van der Waals surface area contributed by atoms with E-state index in [1.807, 2.05) is 6.07 Å². The highest BCUT2D eigenvalue weighted by Gasteiger charge is 2.20. The Morgan fingerprint density at radius 3 is 2.81 bits per heavy atom. The van der Waals surface area contributed by atoms with Crippen LogP contribution >= 0.6 is 22.9 Å². The molecule has 2 rings (SSSR count). The van der Waals surface area contributed by atoms with E-state index in [1.54, 1.807) is 11.3 Å². The zero-order chi connectivity index (χ0) is 11.5. The van der Waals surface area contributed by atoms with Crippen LogP contribution in [0, 0.1) is 5.92 Å². The molecule has 0 spiro atoms. The summed E-state index contributed by atoms with van der Waals surface area (Å²) in [7, 11) is 0. The Bertz CT molecular complexity index is 377. The van der Waals surface area contributed by atoms with Gasteiger partial charge in [-0.15, -0.1) is 11.3 Å². The number of thiophene rings is 1. The van der Waals surface area contributed by atoms with Crippen LogP contribution in [-0.2, 0) is 0 Å². The average molecular weight is 256 g/mol. The van der Waals surface area contributed by atoms with E-state index in [2.05, 4.69) is 31.3 Å². The summed E-state index contributed by atoms with van der Waals surface area (Å²) < 4.78 is 0.865. The van der Waals surface area contributed by atoms with Gasteiger partial charge in [0.2, 0.25) is 0 Å². The minimum atomic E-state index is 0.590. The van der Waals surface area contributed by atoms with Crippen LogP contribution in [0.2, 0.25) is 4.34 Å². The summed E-state index contributed by atoms with van der Waals surface area (Å²) in [5.74, 6) is 0.590. The molecule has 3 heteroatoms. The standard InChI is InChI=1S/C13H18ClNS/c1-9(2)10(8-15-11-3-4-11)7-12-5-6-13(14)16-12/h5-7,9,11,15H,3-4,8H2,1-2H3. The van der Waals surface area contributed by atoms with Gasteiger partial charge in [-0.25, -0.2) is 0 Å². The van der Waals surface area contributed by atoms with Gasteiger partial charge in [-0.2, -0.15) is 0 Å². The minimum Gasteiger partial charge on any atom is -0.310 e. The highest BCUT2D eigenvalue weighted by molar-refractivity contribution is 7.17. The molecule has 0 aromatic carbocycles. The third-order valence-corrected chi connectivity index (χ3v) is 4.01. The molecule has 0 radical (unpaired) electrons. The molecule has 88 valence electrons. The Hall–Kier alpha value is -0.310. The first-order valence-electron chi connectivity index (χ1n) is 5.84. The average Bonchev–Trinajstić information content (AvgIpc) is 2.96. The predicted octanol–water partition coefficient (Wildman–Crippen LogP) is 4.19. The topological polar surface area (TPSA) is 12.0 Å². The number of hydrogen-bond donors (Lipinski definition) is 1. The molecule has 1 N–H and O–H groups in total. The smallest absolute Gasteiger partial charge is 0.0934 e. The van der Waals surface area contributed by atoms with Crippen LogP contribution in [0.3, 0.4) is 0 Å². The monoisotopic (exact) mass is 255 g/mol. The van der Waals surface area contributed by atoms with Crippen molar-refractivity contribution in [2.75, 3.05) is 6.54 Å². The quantitative estimate of drug-likeness (QED) is 0.832. The van der Waals surface area contributed by atoms with Crippen molar-refractivity contribution in [2.45, 2.75) is 32.7 Å². The van der Waals surface area contributed by atoms with Gasteiger partial charge in [-0.1, -0.05) is 31.0 Å². The zero-order valence-corrected chi connectivity index (χ0v) is 11.4. The number of rotatable bonds is 5. The fourth-order valence-electron chi connectivity index (χ4n) is 1.56. The molecule has 16 heavy (non-hydrogen) atoms. The largest absolute Gasteiger partial charge is 0.310 e. The Morgan fingerprint density at radius 2 is 2.31 bits per heavy atom. The fourth-order valence-corrected chi connectivity index (χ4v) is 2.60. The molecule has 1 aromatic heterocycles. The third-order valence-electron chi connectivity index (χ3n) is 2.84. The highest BCUT2D eigenvalue weighted by atomic mass is 35.5. The van der Waals surface area contributed by atoms with E-state index < -0.39 is 0 Å². The van der Waals surface area contributed by atoms with Crippen molar-refractivity contribution in [1.29, 1.82) is 0 Å². The lowest BCUT2D eigenvalue weighted by Gasteiger charge is -2.12. The Kier molecular flexibility index (Phi) is 4.06. The maximum absolute atomic E-state index is 5.93.